The quantitative estimate of drug-likeness (QED) is 0.753. The summed E-state index contributed by atoms with van der Waals surface area (Å²) in [5, 5.41) is 0. The predicted octanol–water partition coefficient (Wildman–Crippen LogP) is 1.72. The Morgan fingerprint density at radius 3 is 2.93 bits per heavy atom. The van der Waals surface area contributed by atoms with Crippen molar-refractivity contribution < 1.29 is 4.42 Å². The third-order valence-electron chi connectivity index (χ3n) is 3.06. The van der Waals surface area contributed by atoms with Gasteiger partial charge in [-0.15, -0.1) is 0 Å². The minimum Gasteiger partial charge on any atom is -0.468 e. The molecule has 0 aromatic carbocycles. The van der Waals surface area contributed by atoms with Crippen molar-refractivity contribution in [1.29, 1.82) is 0 Å². The second kappa shape index (κ2) is 4.15. The summed E-state index contributed by atoms with van der Waals surface area (Å²) in [5.41, 5.74) is 12.7. The van der Waals surface area contributed by atoms with Crippen LogP contribution in [0.25, 0.3) is 0 Å². The van der Waals surface area contributed by atoms with Crippen molar-refractivity contribution >= 4 is 0 Å². The van der Waals surface area contributed by atoms with Gasteiger partial charge in [0.1, 0.15) is 5.76 Å². The number of rotatable bonds is 2. The zero-order chi connectivity index (χ0) is 9.97. The van der Waals surface area contributed by atoms with Crippen molar-refractivity contribution in [1.82, 2.24) is 0 Å². The Kier molecular flexibility index (Phi) is 2.89. The molecule has 2 unspecified atom stereocenters. The molecular formula is C11H18N2O. The van der Waals surface area contributed by atoms with Crippen LogP contribution in [0.2, 0.25) is 0 Å². The summed E-state index contributed by atoms with van der Waals surface area (Å²) in [5.74, 6) is 1.46. The van der Waals surface area contributed by atoms with Crippen LogP contribution in [0.4, 0.5) is 0 Å². The van der Waals surface area contributed by atoms with Gasteiger partial charge in [-0.05, 0) is 36.8 Å². The van der Waals surface area contributed by atoms with E-state index in [1.807, 2.05) is 6.26 Å². The van der Waals surface area contributed by atoms with Crippen LogP contribution in [0.5, 0.6) is 0 Å². The Hall–Kier alpha value is -0.800. The predicted molar refractivity (Wildman–Crippen MR) is 55.8 cm³/mol. The monoisotopic (exact) mass is 194 g/mol. The standard InChI is InChI=1S/C11H18N2O/c12-6-11-5-9(7-14-11)8-2-1-3-10(13)4-8/h5,7-8,10H,1-4,6,12-13H2. The Morgan fingerprint density at radius 1 is 1.43 bits per heavy atom. The number of nitrogens with two attached hydrogens (primary N) is 2. The largest absolute Gasteiger partial charge is 0.468 e. The van der Waals surface area contributed by atoms with Gasteiger partial charge >= 0.3 is 0 Å². The first-order chi connectivity index (χ1) is 6.79. The molecule has 0 spiro atoms. The topological polar surface area (TPSA) is 65.2 Å². The minimum atomic E-state index is 0.366. The number of hydrogen-bond acceptors (Lipinski definition) is 3. The van der Waals surface area contributed by atoms with Gasteiger partial charge in [0.2, 0.25) is 0 Å². The lowest BCUT2D eigenvalue weighted by molar-refractivity contribution is 0.390. The van der Waals surface area contributed by atoms with E-state index in [1.54, 1.807) is 0 Å². The Labute approximate surface area is 84.5 Å². The minimum absolute atomic E-state index is 0.366. The van der Waals surface area contributed by atoms with Gasteiger partial charge in [-0.2, -0.15) is 0 Å². The molecule has 0 bridgehead atoms. The van der Waals surface area contributed by atoms with E-state index >= 15 is 0 Å². The van der Waals surface area contributed by atoms with Crippen LogP contribution in [0.15, 0.2) is 16.7 Å². The lowest BCUT2D eigenvalue weighted by Gasteiger charge is -2.25. The number of hydrogen-bond donors (Lipinski definition) is 2. The van der Waals surface area contributed by atoms with Crippen molar-refractivity contribution in [3.05, 3.63) is 23.7 Å². The molecule has 1 aromatic rings. The molecule has 14 heavy (non-hydrogen) atoms. The van der Waals surface area contributed by atoms with Crippen molar-refractivity contribution in [3.8, 4) is 0 Å². The summed E-state index contributed by atoms with van der Waals surface area (Å²) in [4.78, 5) is 0. The van der Waals surface area contributed by atoms with E-state index in [1.165, 1.54) is 18.4 Å². The van der Waals surface area contributed by atoms with Crippen LogP contribution in [-0.2, 0) is 6.54 Å². The highest BCUT2D eigenvalue weighted by molar-refractivity contribution is 5.18. The molecule has 3 nitrogen and oxygen atoms in total. The fraction of sp³-hybridized carbons (Fsp3) is 0.636. The van der Waals surface area contributed by atoms with Crippen LogP contribution in [0.1, 0.15) is 42.9 Å². The SMILES string of the molecule is NCc1cc(C2CCCC(N)C2)co1. The molecule has 1 aliphatic rings. The molecule has 1 aliphatic carbocycles. The zero-order valence-electron chi connectivity index (χ0n) is 8.41. The van der Waals surface area contributed by atoms with Gasteiger partial charge in [-0.1, -0.05) is 6.42 Å². The van der Waals surface area contributed by atoms with Crippen LogP contribution in [-0.4, -0.2) is 6.04 Å². The van der Waals surface area contributed by atoms with Crippen LogP contribution in [0.3, 0.4) is 0 Å². The van der Waals surface area contributed by atoms with Gasteiger partial charge in [0.15, 0.2) is 0 Å². The summed E-state index contributed by atoms with van der Waals surface area (Å²) in [6.45, 7) is 0.485. The van der Waals surface area contributed by atoms with Gasteiger partial charge in [0.05, 0.1) is 12.8 Å². The molecule has 2 rings (SSSR count). The maximum Gasteiger partial charge on any atom is 0.117 e. The second-order valence-corrected chi connectivity index (χ2v) is 4.17. The Morgan fingerprint density at radius 2 is 2.29 bits per heavy atom. The lowest BCUT2D eigenvalue weighted by atomic mass is 9.83. The highest BCUT2D eigenvalue weighted by Crippen LogP contribution is 2.32. The smallest absolute Gasteiger partial charge is 0.117 e. The van der Waals surface area contributed by atoms with Crippen LogP contribution >= 0.6 is 0 Å². The van der Waals surface area contributed by atoms with E-state index in [4.69, 9.17) is 15.9 Å². The molecule has 0 saturated heterocycles. The van der Waals surface area contributed by atoms with E-state index < -0.39 is 0 Å². The zero-order valence-corrected chi connectivity index (χ0v) is 8.41. The normalized spacial score (nSPS) is 27.9. The second-order valence-electron chi connectivity index (χ2n) is 4.17. The maximum atomic E-state index is 5.95. The third-order valence-corrected chi connectivity index (χ3v) is 3.06. The molecule has 1 heterocycles. The fourth-order valence-electron chi connectivity index (χ4n) is 2.25. The molecular weight excluding hydrogens is 176 g/mol. The third kappa shape index (κ3) is 1.99. The maximum absolute atomic E-state index is 5.95. The summed E-state index contributed by atoms with van der Waals surface area (Å²) >= 11 is 0. The number of furan rings is 1. The van der Waals surface area contributed by atoms with E-state index in [9.17, 15) is 0 Å². The summed E-state index contributed by atoms with van der Waals surface area (Å²) in [6, 6.07) is 2.44. The summed E-state index contributed by atoms with van der Waals surface area (Å²) in [7, 11) is 0. The molecule has 78 valence electrons. The molecule has 0 aliphatic heterocycles. The first-order valence-corrected chi connectivity index (χ1v) is 5.32. The molecule has 0 radical (unpaired) electrons. The molecule has 1 saturated carbocycles. The molecule has 2 atom stereocenters. The Bertz CT molecular complexity index is 295. The van der Waals surface area contributed by atoms with E-state index in [0.717, 1.165) is 18.6 Å². The van der Waals surface area contributed by atoms with Gasteiger partial charge in [0, 0.05) is 6.04 Å². The van der Waals surface area contributed by atoms with Crippen molar-refractivity contribution in [2.75, 3.05) is 0 Å². The summed E-state index contributed by atoms with van der Waals surface area (Å²) in [6.07, 6.45) is 6.55. The van der Waals surface area contributed by atoms with Gasteiger partial charge in [-0.3, -0.25) is 0 Å². The van der Waals surface area contributed by atoms with Gasteiger partial charge in [0.25, 0.3) is 0 Å². The molecule has 1 fully saturated rings. The van der Waals surface area contributed by atoms with Gasteiger partial charge in [-0.25, -0.2) is 0 Å². The fourth-order valence-corrected chi connectivity index (χ4v) is 2.25. The van der Waals surface area contributed by atoms with Crippen LogP contribution in [0, 0.1) is 0 Å². The van der Waals surface area contributed by atoms with Crippen LogP contribution < -0.4 is 11.5 Å². The molecule has 3 heteroatoms. The van der Waals surface area contributed by atoms with E-state index in [2.05, 4.69) is 6.07 Å². The van der Waals surface area contributed by atoms with Crippen molar-refractivity contribution in [3.63, 3.8) is 0 Å². The van der Waals surface area contributed by atoms with Crippen molar-refractivity contribution in [2.24, 2.45) is 11.5 Å². The first-order valence-electron chi connectivity index (χ1n) is 5.32. The summed E-state index contributed by atoms with van der Waals surface area (Å²) < 4.78 is 5.34. The van der Waals surface area contributed by atoms with E-state index in [-0.39, 0.29) is 0 Å². The average molecular weight is 194 g/mol. The van der Waals surface area contributed by atoms with Crippen molar-refractivity contribution in [2.45, 2.75) is 44.2 Å². The highest BCUT2D eigenvalue weighted by Gasteiger charge is 2.21. The highest BCUT2D eigenvalue weighted by atomic mass is 16.3. The average Bonchev–Trinajstić information content (AvgIpc) is 2.66. The molecule has 4 N–H and O–H groups in total. The molecule has 1 aromatic heterocycles. The van der Waals surface area contributed by atoms with E-state index in [0.29, 0.717) is 18.5 Å². The van der Waals surface area contributed by atoms with Gasteiger partial charge < -0.3 is 15.9 Å². The lowest BCUT2D eigenvalue weighted by Crippen LogP contribution is -2.26. The molecule has 0 amide bonds. The first kappa shape index (κ1) is 9.74. The Balaban J connectivity index is 2.06.